The van der Waals surface area contributed by atoms with Crippen molar-refractivity contribution in [3.8, 4) is 0 Å². The van der Waals surface area contributed by atoms with Crippen molar-refractivity contribution in [1.29, 1.82) is 0 Å². The van der Waals surface area contributed by atoms with Gasteiger partial charge in [0.05, 0.1) is 48.8 Å². The molecule has 0 aromatic carbocycles. The molecular formula is C72H104Na8O48S8. The molecule has 0 aliphatic carbocycles. The van der Waals surface area contributed by atoms with Gasteiger partial charge in [-0.2, -0.15) is 132 Å². The molecule has 0 unspecified atom stereocenters. The first-order valence-corrected chi connectivity index (χ1v) is 48.1. The molecule has 30 aliphatic rings. The van der Waals surface area contributed by atoms with Crippen LogP contribution < -0.4 is 257 Å². The van der Waals surface area contributed by atoms with Gasteiger partial charge in [0.2, 0.25) is 0 Å². The van der Waals surface area contributed by atoms with Crippen LogP contribution in [-0.2, 0) is 133 Å². The summed E-state index contributed by atoms with van der Waals surface area (Å²) >= 11 is 8.17. The van der Waals surface area contributed by atoms with Gasteiger partial charge in [0.25, 0.3) is 0 Å². The van der Waals surface area contributed by atoms with E-state index in [1.54, 1.807) is 0 Å². The van der Waals surface area contributed by atoms with Gasteiger partial charge in [-0.1, -0.05) is 0 Å². The van der Waals surface area contributed by atoms with Crippen molar-refractivity contribution >= 4 is 143 Å². The summed E-state index contributed by atoms with van der Waals surface area (Å²) < 4.78 is 100. The van der Waals surface area contributed by atoms with Crippen LogP contribution >= 0.6 is 94.1 Å². The van der Waals surface area contributed by atoms with E-state index in [1.165, 1.54) is 0 Å². The molecule has 0 radical (unpaired) electrons. The van der Waals surface area contributed by atoms with E-state index in [9.17, 15) is 121 Å². The van der Waals surface area contributed by atoms with Gasteiger partial charge in [-0.25, -0.2) is 0 Å². The first-order chi connectivity index (χ1) is 61.0. The molecule has 0 aromatic rings. The Kier molecular flexibility index (Phi) is 85.4. The molecule has 30 heterocycles. The Balaban J connectivity index is -0.00000413. The first kappa shape index (κ1) is 147. The van der Waals surface area contributed by atoms with E-state index < -0.39 is 295 Å². The van der Waals surface area contributed by atoms with E-state index in [1.807, 2.05) is 0 Å². The number of carbonyl (C=O) groups is 4. The molecule has 30 saturated heterocycles. The molecular weight excluding hydrogens is 2070 g/mol. The van der Waals surface area contributed by atoms with Crippen LogP contribution in [0, 0.1) is 27.7 Å². The summed E-state index contributed by atoms with van der Waals surface area (Å²) in [6, 6.07) is 0. The van der Waals surface area contributed by atoms with Gasteiger partial charge in [-0.15, -0.1) is 23.0 Å². The second-order valence-corrected chi connectivity index (χ2v) is 37.6. The van der Waals surface area contributed by atoms with Crippen LogP contribution in [0.2, 0.25) is 0 Å². The Hall–Kier alpha value is 4.92. The van der Waals surface area contributed by atoms with Crippen molar-refractivity contribution < 1.29 is 472 Å². The molecule has 0 amide bonds. The maximum absolute atomic E-state index is 12.2. The van der Waals surface area contributed by atoms with E-state index in [4.69, 9.17) is 114 Å². The minimum absolute atomic E-state index is 0. The molecule has 30 aliphatic heterocycles. The van der Waals surface area contributed by atoms with E-state index in [-0.39, 0.29) is 353 Å². The fourth-order valence-corrected chi connectivity index (χ4v) is 20.6. The fraction of sp³-hybridized carbons (Fsp3) is 0.833. The monoisotopic (exact) mass is 2180 g/mol. The quantitative estimate of drug-likeness (QED) is 0.0169. The summed E-state index contributed by atoms with van der Waals surface area (Å²) in [5, 5.41) is 240. The molecule has 16 N–H and O–H groups in total. The number of carbonyl (C=O) groups excluding carboxylic acids is 12. The molecule has 136 heavy (non-hydrogen) atoms. The molecule has 30 fully saturated rings. The maximum atomic E-state index is 12.2. The van der Waals surface area contributed by atoms with Gasteiger partial charge in [-0.3, -0.25) is 0 Å². The zero-order valence-corrected chi connectivity index (χ0v) is 98.1. The second-order valence-electron chi connectivity index (χ2n) is 28.4. The van der Waals surface area contributed by atoms with Crippen molar-refractivity contribution in [2.75, 3.05) is 92.0 Å². The number of rotatable bonds is 32. The van der Waals surface area contributed by atoms with Gasteiger partial charge in [0, 0.05) is 69.9 Å². The number of ether oxygens (including phenoxy) is 16. The predicted octanol–water partition coefficient (Wildman–Crippen LogP) is -37.9. The zero-order valence-electron chi connectivity index (χ0n) is 75.5. The van der Waals surface area contributed by atoms with Crippen LogP contribution in [0.3, 0.4) is 0 Å². The summed E-state index contributed by atoms with van der Waals surface area (Å²) in [5.41, 5.74) is 0. The van der Waals surface area contributed by atoms with Crippen LogP contribution in [0.4, 0.5) is 0 Å². The molecule has 16 bridgehead atoms. The Morgan fingerprint density at radius 3 is 0.404 bits per heavy atom. The molecule has 0 saturated carbocycles. The average molecular weight is 2180 g/mol. The minimum Gasteiger partial charge on any atom is -0.550 e. The van der Waals surface area contributed by atoms with Crippen LogP contribution in [0.1, 0.15) is 25.7 Å². The Bertz CT molecular complexity index is 3320. The third-order valence-electron chi connectivity index (χ3n) is 20.1. The van der Waals surface area contributed by atoms with Crippen molar-refractivity contribution in [3.63, 3.8) is 0 Å². The van der Waals surface area contributed by atoms with Crippen molar-refractivity contribution in [3.05, 3.63) is 27.7 Å². The number of thioether (sulfide) groups is 8. The van der Waals surface area contributed by atoms with Crippen LogP contribution in [0.15, 0.2) is 0 Å². The van der Waals surface area contributed by atoms with Crippen LogP contribution in [-0.4, -0.2) is 468 Å². The molecule has 0 aromatic heterocycles. The number of aliphatic hydroxyl groups is 16. The Morgan fingerprint density at radius 1 is 0.206 bits per heavy atom. The smallest absolute Gasteiger partial charge is 0.550 e. The van der Waals surface area contributed by atoms with Crippen molar-refractivity contribution in [1.82, 2.24) is 0 Å². The van der Waals surface area contributed by atoms with Gasteiger partial charge < -0.3 is 225 Å². The van der Waals surface area contributed by atoms with Gasteiger partial charge >= 0.3 is 261 Å². The zero-order chi connectivity index (χ0) is 95.3. The number of hydrogen-bond donors (Lipinski definition) is 16. The molecule has 30 rings (SSSR count). The number of carboxylic acids is 4. The predicted molar refractivity (Wildman–Crippen MR) is 423 cm³/mol. The summed E-state index contributed by atoms with van der Waals surface area (Å²) in [7, 11) is 0. The summed E-state index contributed by atoms with van der Waals surface area (Å²) in [6.45, 7) is 15.4. The number of hydrogen-bond acceptors (Lipinski definition) is 56. The standard InChI is InChI=1S/C68H108O40S8.4CO2.8Na/c1-5-109-17-25-53-38(78)46(86)62(94-25)103-55-27(19-111-7-3)96-64(48(88)40(55)80)105-57-29(21-113-13-9-33(69)70)98-66(50(90)42(57)82)107-59-31(23-115-15-11-35(73)74)100-68(52(92)44(59)84)108-60-32(24-116-16-12-36(75)76)99-67(51(91)43(60)83)106-58-30(22-114-14-10-34(71)72)97-65(49(89)41(58)81)104-56-28(20-112-8-4)95-63(47(87)39(56)79)102-54-26(18-110-6-2)93-61(101-53)45(85)37(54)77;4*2-1-3;;;;;;;;/h25-32,37-68,77-92H,1-24H2,(H,69,70)(H,71,72)(H,73,74)(H,75,76);;;;;;;;;;;;/q-4;;;;;8*+1/p-4/t25-,26-,27-,28-,29-,30-,31-,32-,37-,38-,39-,40-,41-,42-,43-,44-,45-,46-,47-,48-,49-,50-,51-,52-,53-,54-,55-,56-,57-,58-,59-,60-,61-,62-,63-,64-,65-,66-,67-,68-;;;;;;;;;;;;/m1............/s1. The normalized spacial score (nSPS) is 38.4. The first-order valence-electron chi connectivity index (χ1n) is 38.9. The largest absolute Gasteiger partial charge is 1.00 e. The topological polar surface area (TPSA) is 768 Å². The molecule has 48 nitrogen and oxygen atoms in total. The third-order valence-corrected chi connectivity index (χ3v) is 27.7. The summed E-state index contributed by atoms with van der Waals surface area (Å²) in [4.78, 5) is 111. The third kappa shape index (κ3) is 45.5. The van der Waals surface area contributed by atoms with Crippen LogP contribution in [0.5, 0.6) is 0 Å². The maximum Gasteiger partial charge on any atom is 1.00 e. The number of aliphatic carboxylic acids is 4. The molecule has 736 valence electrons. The molecule has 64 heteroatoms. The minimum atomic E-state index is -2.28. The number of carboxylic acid groups (broad SMARTS) is 4. The Morgan fingerprint density at radius 2 is 0.309 bits per heavy atom. The molecule has 40 atom stereocenters. The van der Waals surface area contributed by atoms with E-state index in [0.717, 1.165) is 94.1 Å². The summed E-state index contributed by atoms with van der Waals surface area (Å²) in [6.07, 6.45) is -77.2. The van der Waals surface area contributed by atoms with Crippen molar-refractivity contribution in [2.45, 2.75) is 271 Å². The van der Waals surface area contributed by atoms with E-state index >= 15 is 0 Å². The van der Waals surface area contributed by atoms with Gasteiger partial charge in [0.1, 0.15) is 146 Å². The second kappa shape index (κ2) is 79.0. The van der Waals surface area contributed by atoms with E-state index in [0.29, 0.717) is 0 Å². The van der Waals surface area contributed by atoms with Crippen molar-refractivity contribution in [2.24, 2.45) is 0 Å². The fourth-order valence-electron chi connectivity index (χ4n) is 14.0. The summed E-state index contributed by atoms with van der Waals surface area (Å²) in [5.74, 6) is -7.50. The van der Waals surface area contributed by atoms with Crippen LogP contribution in [0.25, 0.3) is 0 Å². The van der Waals surface area contributed by atoms with E-state index in [2.05, 4.69) is 27.7 Å². The average Bonchev–Trinajstić information content (AvgIpc) is 0.763. The SMILES string of the molecule is O=C=O.O=C=O.O=C=O.O=C=O.[CH2-]CSC[C@H]1O[C@@H]2O[C@H]3[C@H](O)[C@@H](O)[C@@H](O[C@H]4[C@H](O)[C@@H](O)[C@@H](O[C@H]5[C@H](O)[C@@H](O)[C@@H](O[C@H]6[C@H](O)[C@@H](O)[C@@H](O[C@H]7[C@H](O)[C@@H](O)[C@@H](O[C@H]8[C@H](O)[C@@H](O)[C@@H](O[C@H]9[C@H](O)[C@@H](O)[C@@H](O[C@H]1[C@H](O)[C@H]2O)O[C@@H]9CSC[CH2-])O[C@@H]8CSC[CH2-])O[C@@H]7CSCCC(=O)[O-])O[C@@H]6CSCCC(=O)[O-])O[C@@H]5CSCCC(=O)[O-])O[C@@H]4CSCCC(=O)[O-])O[C@@H]3CSC[CH2-].[Na+].[Na+].[Na+].[Na+].[Na+].[Na+].[Na+].[Na+]. The molecule has 0 spiro atoms. The van der Waals surface area contributed by atoms with Gasteiger partial charge in [0.15, 0.2) is 50.3 Å². The van der Waals surface area contributed by atoms with Gasteiger partial charge in [-0.05, 0) is 48.7 Å². The number of aliphatic hydroxyl groups excluding tert-OH is 16. The Labute approximate surface area is 992 Å².